The lowest BCUT2D eigenvalue weighted by Gasteiger charge is -1.89. The van der Waals surface area contributed by atoms with Gasteiger partial charge in [0.2, 0.25) is 0 Å². The van der Waals surface area contributed by atoms with Gasteiger partial charge in [-0.3, -0.25) is 9.59 Å². The van der Waals surface area contributed by atoms with Crippen molar-refractivity contribution < 1.29 is 24.9 Å². The fourth-order valence-corrected chi connectivity index (χ4v) is 0.716. The molecule has 0 unspecified atom stereocenters. The fourth-order valence-electron chi connectivity index (χ4n) is 0.716. The largest absolute Gasteiger partial charge is 0.481 e. The van der Waals surface area contributed by atoms with Crippen LogP contribution < -0.4 is 0 Å². The summed E-state index contributed by atoms with van der Waals surface area (Å²) < 4.78 is 0. The van der Waals surface area contributed by atoms with Crippen LogP contribution in [0.4, 0.5) is 0 Å². The van der Waals surface area contributed by atoms with E-state index in [4.69, 9.17) is 15.3 Å². The number of rotatable bonds is 7. The molecule has 0 amide bonds. The van der Waals surface area contributed by atoms with Gasteiger partial charge < -0.3 is 15.3 Å². The number of unbranched alkanes of at least 4 members (excludes halogenated alkanes) is 2. The standard InChI is InChI=1S/C5H10O3.C5H10O2/c6-4-2-1-3-5(7)8;1-2-3-4-5(6)7/h6H,1-4H2,(H,7,8);2-4H2,1H3,(H,6,7). The molecular weight excluding hydrogens is 200 g/mol. The van der Waals surface area contributed by atoms with E-state index in [2.05, 4.69) is 0 Å². The molecule has 5 nitrogen and oxygen atoms in total. The van der Waals surface area contributed by atoms with Crippen molar-refractivity contribution in [2.24, 2.45) is 0 Å². The van der Waals surface area contributed by atoms with E-state index in [0.29, 0.717) is 19.3 Å². The third kappa shape index (κ3) is 24.6. The molecule has 0 aliphatic carbocycles. The molecule has 0 spiro atoms. The number of hydrogen-bond donors (Lipinski definition) is 3. The maximum Gasteiger partial charge on any atom is 0.303 e. The van der Waals surface area contributed by atoms with Gasteiger partial charge in [-0.15, -0.1) is 0 Å². The number of aliphatic carboxylic acids is 2. The number of aliphatic hydroxyl groups excluding tert-OH is 1. The van der Waals surface area contributed by atoms with Crippen molar-refractivity contribution >= 4 is 11.9 Å². The Hall–Kier alpha value is -1.10. The highest BCUT2D eigenvalue weighted by atomic mass is 16.4. The average Bonchev–Trinajstić information content (AvgIpc) is 2.15. The van der Waals surface area contributed by atoms with Crippen LogP contribution >= 0.6 is 0 Å². The molecule has 0 rings (SSSR count). The van der Waals surface area contributed by atoms with Crippen LogP contribution in [0.5, 0.6) is 0 Å². The van der Waals surface area contributed by atoms with Crippen LogP contribution in [-0.4, -0.2) is 33.9 Å². The molecule has 0 saturated heterocycles. The van der Waals surface area contributed by atoms with E-state index in [-0.39, 0.29) is 13.0 Å². The first-order valence-corrected chi connectivity index (χ1v) is 5.09. The van der Waals surface area contributed by atoms with Crippen LogP contribution in [0.3, 0.4) is 0 Å². The molecule has 5 heteroatoms. The number of carboxylic acids is 2. The highest BCUT2D eigenvalue weighted by Crippen LogP contribution is 1.92. The molecule has 90 valence electrons. The van der Waals surface area contributed by atoms with Crippen LogP contribution in [0.1, 0.15) is 45.4 Å². The van der Waals surface area contributed by atoms with Gasteiger partial charge in [-0.2, -0.15) is 0 Å². The Morgan fingerprint density at radius 1 is 0.933 bits per heavy atom. The van der Waals surface area contributed by atoms with Gasteiger partial charge >= 0.3 is 11.9 Å². The summed E-state index contributed by atoms with van der Waals surface area (Å²) >= 11 is 0. The minimum atomic E-state index is -0.793. The Bertz CT molecular complexity index is 167. The quantitative estimate of drug-likeness (QED) is 0.565. The predicted octanol–water partition coefficient (Wildman–Crippen LogP) is 1.49. The Morgan fingerprint density at radius 2 is 1.40 bits per heavy atom. The summed E-state index contributed by atoms with van der Waals surface area (Å²) in [6.07, 6.45) is 3.41. The van der Waals surface area contributed by atoms with Crippen molar-refractivity contribution in [3.05, 3.63) is 0 Å². The molecule has 0 heterocycles. The minimum Gasteiger partial charge on any atom is -0.481 e. The molecule has 0 aliphatic rings. The number of hydrogen-bond acceptors (Lipinski definition) is 3. The maximum absolute atomic E-state index is 9.79. The van der Waals surface area contributed by atoms with Crippen molar-refractivity contribution in [1.82, 2.24) is 0 Å². The van der Waals surface area contributed by atoms with Crippen molar-refractivity contribution in [2.45, 2.75) is 45.4 Å². The lowest BCUT2D eigenvalue weighted by atomic mass is 10.2. The van der Waals surface area contributed by atoms with Gasteiger partial charge in [0.25, 0.3) is 0 Å². The molecule has 0 bridgehead atoms. The van der Waals surface area contributed by atoms with Crippen molar-refractivity contribution in [1.29, 1.82) is 0 Å². The second-order valence-electron chi connectivity index (χ2n) is 3.07. The molecule has 0 aromatic carbocycles. The second kappa shape index (κ2) is 12.9. The third-order valence-electron chi connectivity index (χ3n) is 1.54. The maximum atomic E-state index is 9.79. The number of carbonyl (C=O) groups is 2. The molecule has 15 heavy (non-hydrogen) atoms. The predicted molar refractivity (Wildman–Crippen MR) is 55.7 cm³/mol. The SMILES string of the molecule is CCCCC(=O)O.O=C(O)CCCCO. The molecule has 0 saturated carbocycles. The van der Waals surface area contributed by atoms with Gasteiger partial charge in [0.15, 0.2) is 0 Å². The van der Waals surface area contributed by atoms with Crippen LogP contribution in [0.2, 0.25) is 0 Å². The van der Waals surface area contributed by atoms with Crippen molar-refractivity contribution in [3.63, 3.8) is 0 Å². The smallest absolute Gasteiger partial charge is 0.303 e. The van der Waals surface area contributed by atoms with Gasteiger partial charge in [-0.1, -0.05) is 13.3 Å². The topological polar surface area (TPSA) is 94.8 Å². The zero-order valence-corrected chi connectivity index (χ0v) is 9.11. The normalized spacial score (nSPS) is 8.93. The Morgan fingerprint density at radius 3 is 1.67 bits per heavy atom. The number of carboxylic acid groups (broad SMARTS) is 2. The lowest BCUT2D eigenvalue weighted by molar-refractivity contribution is -0.138. The van der Waals surface area contributed by atoms with E-state index in [9.17, 15) is 9.59 Å². The zero-order chi connectivity index (χ0) is 12.1. The molecule has 0 atom stereocenters. The Kier molecular flexibility index (Phi) is 14.0. The van der Waals surface area contributed by atoms with Crippen LogP contribution in [0.25, 0.3) is 0 Å². The highest BCUT2D eigenvalue weighted by molar-refractivity contribution is 5.66. The minimum absolute atomic E-state index is 0.0906. The summed E-state index contributed by atoms with van der Waals surface area (Å²) in [5, 5.41) is 24.3. The molecule has 3 N–H and O–H groups in total. The van der Waals surface area contributed by atoms with Gasteiger partial charge in [0.1, 0.15) is 0 Å². The van der Waals surface area contributed by atoms with Gasteiger partial charge in [-0.05, 0) is 19.3 Å². The fraction of sp³-hybridized carbons (Fsp3) is 0.800. The summed E-state index contributed by atoms with van der Waals surface area (Å²) in [4.78, 5) is 19.6. The van der Waals surface area contributed by atoms with E-state index in [0.717, 1.165) is 12.8 Å². The first-order valence-electron chi connectivity index (χ1n) is 5.09. The molecule has 0 fully saturated rings. The van der Waals surface area contributed by atoms with E-state index in [1.54, 1.807) is 0 Å². The molecule has 0 radical (unpaired) electrons. The van der Waals surface area contributed by atoms with E-state index < -0.39 is 11.9 Å². The summed E-state index contributed by atoms with van der Waals surface area (Å²) in [6, 6.07) is 0. The summed E-state index contributed by atoms with van der Waals surface area (Å²) in [7, 11) is 0. The molecule has 0 aromatic heterocycles. The lowest BCUT2D eigenvalue weighted by Crippen LogP contribution is -1.94. The first kappa shape index (κ1) is 16.3. The van der Waals surface area contributed by atoms with Crippen molar-refractivity contribution in [2.75, 3.05) is 6.61 Å². The van der Waals surface area contributed by atoms with E-state index >= 15 is 0 Å². The zero-order valence-electron chi connectivity index (χ0n) is 9.11. The van der Waals surface area contributed by atoms with E-state index in [1.807, 2.05) is 6.92 Å². The Balaban J connectivity index is 0. The van der Waals surface area contributed by atoms with Gasteiger partial charge in [0, 0.05) is 19.4 Å². The van der Waals surface area contributed by atoms with Crippen molar-refractivity contribution in [3.8, 4) is 0 Å². The van der Waals surface area contributed by atoms with Crippen LogP contribution in [-0.2, 0) is 9.59 Å². The third-order valence-corrected chi connectivity index (χ3v) is 1.54. The summed E-state index contributed by atoms with van der Waals surface area (Å²) in [6.45, 7) is 2.07. The monoisotopic (exact) mass is 220 g/mol. The Labute approximate surface area is 89.7 Å². The van der Waals surface area contributed by atoms with Crippen LogP contribution in [0.15, 0.2) is 0 Å². The highest BCUT2D eigenvalue weighted by Gasteiger charge is 1.93. The van der Waals surface area contributed by atoms with Crippen LogP contribution in [0, 0.1) is 0 Å². The molecule has 0 aliphatic heterocycles. The second-order valence-corrected chi connectivity index (χ2v) is 3.07. The number of aliphatic hydroxyl groups is 1. The van der Waals surface area contributed by atoms with E-state index in [1.165, 1.54) is 0 Å². The van der Waals surface area contributed by atoms with Gasteiger partial charge in [-0.25, -0.2) is 0 Å². The first-order chi connectivity index (χ1) is 7.04. The molecule has 0 aromatic rings. The molecular formula is C10H20O5. The van der Waals surface area contributed by atoms with Gasteiger partial charge in [0.05, 0.1) is 0 Å². The summed E-state index contributed by atoms with van der Waals surface area (Å²) in [5.41, 5.74) is 0. The average molecular weight is 220 g/mol. The summed E-state index contributed by atoms with van der Waals surface area (Å²) in [5.74, 6) is -1.49.